The number of nitrogens with zero attached hydrogens (tertiary/aromatic N) is 5. The third-order valence-corrected chi connectivity index (χ3v) is 8.61. The Labute approximate surface area is 208 Å². The molecule has 5 rings (SSSR count). The molecule has 2 aromatic heterocycles. The monoisotopic (exact) mass is 497 g/mol. The first-order chi connectivity index (χ1) is 16.6. The first kappa shape index (κ1) is 23.5. The number of thiophene rings is 1. The van der Waals surface area contributed by atoms with E-state index in [1.807, 2.05) is 30.1 Å². The van der Waals surface area contributed by atoms with Crippen molar-refractivity contribution in [3.8, 4) is 11.4 Å². The summed E-state index contributed by atoms with van der Waals surface area (Å²) in [4.78, 5) is 16.0. The molecule has 4 heterocycles. The third-order valence-electron chi connectivity index (χ3n) is 6.65. The molecule has 34 heavy (non-hydrogen) atoms. The maximum Gasteiger partial charge on any atom is 0.162 e. The topological polar surface area (TPSA) is 94.6 Å². The Morgan fingerprint density at radius 2 is 2.12 bits per heavy atom. The van der Waals surface area contributed by atoms with E-state index in [2.05, 4.69) is 33.5 Å². The van der Waals surface area contributed by atoms with E-state index in [0.717, 1.165) is 54.3 Å². The summed E-state index contributed by atoms with van der Waals surface area (Å²) in [5.74, 6) is 1.57. The number of nitrogens with one attached hydrogen (secondary N) is 1. The minimum atomic E-state index is 0.563. The van der Waals surface area contributed by atoms with Gasteiger partial charge in [-0.3, -0.25) is 4.90 Å². The molecule has 0 saturated carbocycles. The highest BCUT2D eigenvalue weighted by molar-refractivity contribution is 7.96. The SMILES string of the molecule is CSN1CCC(N(C)Cc2cc3nc(-c4cccc(N)c4C=N)nc(N4CCOCC4)c3s2)C1. The highest BCUT2D eigenvalue weighted by atomic mass is 32.2. The molecule has 0 spiro atoms. The van der Waals surface area contributed by atoms with Crippen LogP contribution in [0.15, 0.2) is 24.3 Å². The number of aromatic nitrogens is 2. The van der Waals surface area contributed by atoms with E-state index in [4.69, 9.17) is 25.8 Å². The van der Waals surface area contributed by atoms with Gasteiger partial charge in [0.05, 0.1) is 23.4 Å². The summed E-state index contributed by atoms with van der Waals surface area (Å²) >= 11 is 3.63. The van der Waals surface area contributed by atoms with Crippen molar-refractivity contribution in [2.75, 3.05) is 63.3 Å². The summed E-state index contributed by atoms with van der Waals surface area (Å²) < 4.78 is 9.15. The van der Waals surface area contributed by atoms with Crippen LogP contribution in [0.2, 0.25) is 0 Å². The van der Waals surface area contributed by atoms with E-state index >= 15 is 0 Å². The minimum Gasteiger partial charge on any atom is -0.398 e. The van der Waals surface area contributed by atoms with Crippen molar-refractivity contribution in [1.82, 2.24) is 19.2 Å². The van der Waals surface area contributed by atoms with Gasteiger partial charge >= 0.3 is 0 Å². The van der Waals surface area contributed by atoms with Crippen LogP contribution in [0.25, 0.3) is 21.6 Å². The number of nitrogen functional groups attached to an aromatic ring is 1. The number of ether oxygens (including phenoxy) is 1. The average Bonchev–Trinajstić information content (AvgIpc) is 3.50. The Morgan fingerprint density at radius 1 is 1.29 bits per heavy atom. The molecule has 2 aliphatic heterocycles. The smallest absolute Gasteiger partial charge is 0.162 e. The molecule has 10 heteroatoms. The van der Waals surface area contributed by atoms with E-state index in [9.17, 15) is 0 Å². The average molecular weight is 498 g/mol. The van der Waals surface area contributed by atoms with Crippen LogP contribution in [0.1, 0.15) is 16.9 Å². The van der Waals surface area contributed by atoms with Gasteiger partial charge in [-0.05, 0) is 31.9 Å². The maximum atomic E-state index is 7.88. The predicted octanol–water partition coefficient (Wildman–Crippen LogP) is 3.56. The van der Waals surface area contributed by atoms with Crippen molar-refractivity contribution in [3.05, 3.63) is 34.7 Å². The summed E-state index contributed by atoms with van der Waals surface area (Å²) in [6, 6.07) is 8.43. The normalized spacial score (nSPS) is 19.4. The van der Waals surface area contributed by atoms with Crippen molar-refractivity contribution >= 4 is 51.2 Å². The molecule has 8 nitrogen and oxygen atoms in total. The van der Waals surface area contributed by atoms with Crippen molar-refractivity contribution in [3.63, 3.8) is 0 Å². The Kier molecular flexibility index (Phi) is 7.03. The Morgan fingerprint density at radius 3 is 2.85 bits per heavy atom. The van der Waals surface area contributed by atoms with Gasteiger partial charge in [-0.2, -0.15) is 0 Å². The highest BCUT2D eigenvalue weighted by Gasteiger charge is 2.26. The van der Waals surface area contributed by atoms with Crippen LogP contribution < -0.4 is 10.6 Å². The van der Waals surface area contributed by atoms with E-state index in [1.165, 1.54) is 17.5 Å². The number of rotatable bonds is 7. The largest absolute Gasteiger partial charge is 0.398 e. The minimum absolute atomic E-state index is 0.563. The second-order valence-electron chi connectivity index (χ2n) is 8.78. The van der Waals surface area contributed by atoms with Gasteiger partial charge in [0.2, 0.25) is 0 Å². The maximum absolute atomic E-state index is 7.88. The van der Waals surface area contributed by atoms with Gasteiger partial charge in [0.15, 0.2) is 11.6 Å². The lowest BCUT2D eigenvalue weighted by molar-refractivity contribution is 0.122. The fraction of sp³-hybridized carbons (Fsp3) is 0.458. The first-order valence-corrected chi connectivity index (χ1v) is 13.6. The van der Waals surface area contributed by atoms with Crippen molar-refractivity contribution in [1.29, 1.82) is 5.41 Å². The van der Waals surface area contributed by atoms with Gasteiger partial charge in [-0.25, -0.2) is 14.3 Å². The van der Waals surface area contributed by atoms with Crippen LogP contribution in [0.4, 0.5) is 11.5 Å². The summed E-state index contributed by atoms with van der Waals surface area (Å²) in [7, 11) is 2.22. The first-order valence-electron chi connectivity index (χ1n) is 11.6. The number of fused-ring (bicyclic) bond motifs is 1. The van der Waals surface area contributed by atoms with Crippen LogP contribution in [-0.4, -0.2) is 84.1 Å². The molecule has 0 bridgehead atoms. The number of hydrogen-bond donors (Lipinski definition) is 2. The van der Waals surface area contributed by atoms with E-state index in [1.54, 1.807) is 11.3 Å². The Bertz CT molecular complexity index is 1180. The molecule has 2 saturated heterocycles. The number of likely N-dealkylation sites (N-methyl/N-ethyl adjacent to an activating group) is 1. The zero-order chi connectivity index (χ0) is 23.7. The van der Waals surface area contributed by atoms with Crippen LogP contribution in [0.5, 0.6) is 0 Å². The van der Waals surface area contributed by atoms with Crippen LogP contribution in [-0.2, 0) is 11.3 Å². The van der Waals surface area contributed by atoms with Gasteiger partial charge in [0.25, 0.3) is 0 Å². The van der Waals surface area contributed by atoms with Gasteiger partial charge in [-0.15, -0.1) is 11.3 Å². The predicted molar refractivity (Wildman–Crippen MR) is 143 cm³/mol. The lowest BCUT2D eigenvalue weighted by Gasteiger charge is -2.28. The molecule has 1 atom stereocenters. The molecule has 2 aliphatic rings. The lowest BCUT2D eigenvalue weighted by Crippen LogP contribution is -2.36. The van der Waals surface area contributed by atoms with Crippen molar-refractivity contribution in [2.45, 2.75) is 19.0 Å². The van der Waals surface area contributed by atoms with Crippen LogP contribution in [0.3, 0.4) is 0 Å². The standard InChI is InChI=1S/C24H31N7OS2/c1-29(16-6-7-31(14-16)33-2)15-17-12-21-22(34-17)24(30-8-10-32-11-9-30)28-23(27-21)18-4-3-5-20(26)19(18)13-25/h3-5,12-13,16,25H,6-11,14-15,26H2,1-2H3. The summed E-state index contributed by atoms with van der Waals surface area (Å²) in [6.45, 7) is 6.15. The Balaban J connectivity index is 1.53. The van der Waals surface area contributed by atoms with E-state index < -0.39 is 0 Å². The van der Waals surface area contributed by atoms with Gasteiger partial charge in [-0.1, -0.05) is 24.1 Å². The summed E-state index contributed by atoms with van der Waals surface area (Å²) in [5.41, 5.74) is 9.12. The molecule has 0 amide bonds. The highest BCUT2D eigenvalue weighted by Crippen LogP contribution is 2.36. The number of hydrogen-bond acceptors (Lipinski definition) is 10. The molecule has 0 radical (unpaired) electrons. The van der Waals surface area contributed by atoms with E-state index in [-0.39, 0.29) is 0 Å². The number of nitrogens with two attached hydrogens (primary N) is 1. The fourth-order valence-corrected chi connectivity index (χ4v) is 6.49. The van der Waals surface area contributed by atoms with E-state index in [0.29, 0.717) is 36.3 Å². The molecule has 1 unspecified atom stereocenters. The Hall–Kier alpha value is -2.24. The summed E-state index contributed by atoms with van der Waals surface area (Å²) in [5, 5.41) is 7.88. The van der Waals surface area contributed by atoms with Gasteiger partial charge in [0.1, 0.15) is 0 Å². The quantitative estimate of drug-likeness (QED) is 0.291. The van der Waals surface area contributed by atoms with Crippen molar-refractivity contribution < 1.29 is 4.74 Å². The number of morpholine rings is 1. The zero-order valence-electron chi connectivity index (χ0n) is 19.7. The molecule has 2 fully saturated rings. The lowest BCUT2D eigenvalue weighted by atomic mass is 10.1. The van der Waals surface area contributed by atoms with Gasteiger partial charge in [0, 0.05) is 66.7 Å². The molecular formula is C24H31N7OS2. The molecule has 180 valence electrons. The fourth-order valence-electron chi connectivity index (χ4n) is 4.70. The molecular weight excluding hydrogens is 466 g/mol. The number of anilines is 2. The summed E-state index contributed by atoms with van der Waals surface area (Å²) in [6.07, 6.45) is 4.65. The molecule has 0 aliphatic carbocycles. The zero-order valence-corrected chi connectivity index (χ0v) is 21.3. The second kappa shape index (κ2) is 10.2. The third kappa shape index (κ3) is 4.65. The molecule has 3 N–H and O–H groups in total. The number of benzene rings is 1. The van der Waals surface area contributed by atoms with Crippen molar-refractivity contribution in [2.24, 2.45) is 0 Å². The molecule has 3 aromatic rings. The van der Waals surface area contributed by atoms with Gasteiger partial charge < -0.3 is 20.8 Å². The molecule has 1 aromatic carbocycles. The van der Waals surface area contributed by atoms with Crippen LogP contribution >= 0.6 is 23.3 Å². The van der Waals surface area contributed by atoms with Crippen LogP contribution in [0, 0.1) is 5.41 Å². The second-order valence-corrected chi connectivity index (χ2v) is 10.8.